The molecule has 0 saturated carbocycles. The Balaban J connectivity index is 2.14. The highest BCUT2D eigenvalue weighted by Gasteiger charge is 2.46. The van der Waals surface area contributed by atoms with E-state index in [-0.39, 0.29) is 5.41 Å². The smallest absolute Gasteiger partial charge is 0.0486 e. The minimum absolute atomic E-state index is 0.0938. The van der Waals surface area contributed by atoms with Crippen molar-refractivity contribution in [1.29, 1.82) is 0 Å². The van der Waals surface area contributed by atoms with Crippen LogP contribution in [0.1, 0.15) is 36.1 Å². The van der Waals surface area contributed by atoms with Crippen molar-refractivity contribution in [3.05, 3.63) is 93.5 Å². The molecular weight excluding hydrogens is 356 g/mol. The van der Waals surface area contributed by atoms with Gasteiger partial charge in [-0.05, 0) is 52.8 Å². The van der Waals surface area contributed by atoms with E-state index in [0.29, 0.717) is 5.92 Å². The maximum Gasteiger partial charge on any atom is 0.0486 e. The summed E-state index contributed by atoms with van der Waals surface area (Å²) in [4.78, 5) is 0. The van der Waals surface area contributed by atoms with E-state index in [9.17, 15) is 0 Å². The van der Waals surface area contributed by atoms with E-state index in [1.807, 2.05) is 0 Å². The summed E-state index contributed by atoms with van der Waals surface area (Å²) in [6, 6.07) is 24.7. The monoisotopic (exact) mass is 376 g/mol. The lowest BCUT2D eigenvalue weighted by Crippen LogP contribution is -2.33. The van der Waals surface area contributed by atoms with Crippen LogP contribution in [0.15, 0.2) is 71.2 Å². The summed E-state index contributed by atoms with van der Waals surface area (Å²) in [7, 11) is 0. The number of rotatable bonds is 2. The first-order valence-corrected chi connectivity index (χ1v) is 9.31. The Hall–Kier alpha value is -1.86. The number of halogens is 1. The molecule has 1 unspecified atom stereocenters. The van der Waals surface area contributed by atoms with Crippen molar-refractivity contribution < 1.29 is 0 Å². The summed E-state index contributed by atoms with van der Waals surface area (Å²) >= 11 is 3.69. The maximum atomic E-state index is 3.69. The molecule has 0 nitrogen and oxygen atoms in total. The molecule has 1 atom stereocenters. The molecule has 1 aliphatic carbocycles. The van der Waals surface area contributed by atoms with Crippen molar-refractivity contribution in [3.63, 3.8) is 0 Å². The third-order valence-electron chi connectivity index (χ3n) is 5.42. The predicted molar refractivity (Wildman–Crippen MR) is 105 cm³/mol. The summed E-state index contributed by atoms with van der Waals surface area (Å²) in [6.45, 7) is 6.83. The van der Waals surface area contributed by atoms with Crippen LogP contribution in [-0.2, 0) is 5.41 Å². The molecule has 24 heavy (non-hydrogen) atoms. The fourth-order valence-electron chi connectivity index (χ4n) is 4.37. The minimum atomic E-state index is -0.0938. The molecule has 0 spiro atoms. The highest BCUT2D eigenvalue weighted by atomic mass is 79.9. The minimum Gasteiger partial charge on any atom is -0.0619 e. The van der Waals surface area contributed by atoms with E-state index in [4.69, 9.17) is 0 Å². The molecule has 0 fully saturated rings. The molecule has 1 heteroatoms. The molecular formula is C23H21Br. The van der Waals surface area contributed by atoms with Crippen LogP contribution < -0.4 is 0 Å². The summed E-state index contributed by atoms with van der Waals surface area (Å²) in [5.74, 6) is 0.455. The largest absolute Gasteiger partial charge is 0.0619 e. The van der Waals surface area contributed by atoms with Crippen molar-refractivity contribution in [1.82, 2.24) is 0 Å². The van der Waals surface area contributed by atoms with E-state index in [2.05, 4.69) is 103 Å². The highest BCUT2D eigenvalue weighted by Crippen LogP contribution is 2.56. The molecule has 0 amide bonds. The van der Waals surface area contributed by atoms with Crippen molar-refractivity contribution in [2.75, 3.05) is 0 Å². The Morgan fingerprint density at radius 3 is 2.17 bits per heavy atom. The van der Waals surface area contributed by atoms with Crippen LogP contribution in [0.3, 0.4) is 0 Å². The zero-order valence-corrected chi connectivity index (χ0v) is 15.9. The molecule has 0 saturated heterocycles. The standard InChI is InChI=1S/C23H21Br/c1-15(2)23(17-10-8-16(3)9-11-17)21-7-5-4-6-19(21)20-13-12-18(24)14-22(20)23/h4-15H,1-3H3. The van der Waals surface area contributed by atoms with Crippen LogP contribution in [0.4, 0.5) is 0 Å². The van der Waals surface area contributed by atoms with Crippen LogP contribution in [0, 0.1) is 12.8 Å². The van der Waals surface area contributed by atoms with E-state index >= 15 is 0 Å². The first-order valence-electron chi connectivity index (χ1n) is 8.52. The van der Waals surface area contributed by atoms with Gasteiger partial charge in [0, 0.05) is 9.89 Å². The van der Waals surface area contributed by atoms with E-state index < -0.39 is 0 Å². The Labute approximate surface area is 152 Å². The topological polar surface area (TPSA) is 0 Å². The Kier molecular flexibility index (Phi) is 3.65. The van der Waals surface area contributed by atoms with Gasteiger partial charge in [-0.3, -0.25) is 0 Å². The second-order valence-corrected chi connectivity index (χ2v) is 7.98. The van der Waals surface area contributed by atoms with Crippen LogP contribution >= 0.6 is 15.9 Å². The zero-order valence-electron chi connectivity index (χ0n) is 14.3. The molecule has 0 aliphatic heterocycles. The SMILES string of the molecule is Cc1ccc(C2(C(C)C)c3ccccc3-c3ccc(Br)cc32)cc1. The number of hydrogen-bond donors (Lipinski definition) is 0. The van der Waals surface area contributed by atoms with Gasteiger partial charge in [0.2, 0.25) is 0 Å². The number of fused-ring (bicyclic) bond motifs is 3. The summed E-state index contributed by atoms with van der Waals surface area (Å²) in [5.41, 5.74) is 8.17. The average molecular weight is 377 g/mol. The summed E-state index contributed by atoms with van der Waals surface area (Å²) < 4.78 is 1.14. The van der Waals surface area contributed by atoms with Gasteiger partial charge in [0.1, 0.15) is 0 Å². The third-order valence-corrected chi connectivity index (χ3v) is 5.91. The summed E-state index contributed by atoms with van der Waals surface area (Å²) in [5, 5.41) is 0. The number of hydrogen-bond acceptors (Lipinski definition) is 0. The van der Waals surface area contributed by atoms with Gasteiger partial charge < -0.3 is 0 Å². The molecule has 3 aromatic carbocycles. The molecule has 1 aliphatic rings. The van der Waals surface area contributed by atoms with Gasteiger partial charge in [-0.15, -0.1) is 0 Å². The first kappa shape index (κ1) is 15.7. The fourth-order valence-corrected chi connectivity index (χ4v) is 4.73. The van der Waals surface area contributed by atoms with Crippen molar-refractivity contribution in [3.8, 4) is 11.1 Å². The highest BCUT2D eigenvalue weighted by molar-refractivity contribution is 9.10. The third kappa shape index (κ3) is 2.04. The predicted octanol–water partition coefficient (Wildman–Crippen LogP) is 6.73. The molecule has 0 N–H and O–H groups in total. The van der Waals surface area contributed by atoms with Gasteiger partial charge in [-0.1, -0.05) is 89.9 Å². The molecule has 120 valence electrons. The van der Waals surface area contributed by atoms with Gasteiger partial charge in [-0.2, -0.15) is 0 Å². The van der Waals surface area contributed by atoms with Gasteiger partial charge in [0.25, 0.3) is 0 Å². The van der Waals surface area contributed by atoms with Crippen molar-refractivity contribution in [2.45, 2.75) is 26.2 Å². The molecule has 0 radical (unpaired) electrons. The second-order valence-electron chi connectivity index (χ2n) is 7.06. The molecule has 3 aromatic rings. The zero-order chi connectivity index (χ0) is 16.9. The Bertz CT molecular complexity index is 906. The fraction of sp³-hybridized carbons (Fsp3) is 0.217. The van der Waals surface area contributed by atoms with E-state index in [0.717, 1.165) is 4.47 Å². The van der Waals surface area contributed by atoms with Crippen molar-refractivity contribution in [2.24, 2.45) is 5.92 Å². The van der Waals surface area contributed by atoms with Crippen LogP contribution in [0.5, 0.6) is 0 Å². The van der Waals surface area contributed by atoms with Crippen molar-refractivity contribution >= 4 is 15.9 Å². The van der Waals surface area contributed by atoms with Gasteiger partial charge in [0.15, 0.2) is 0 Å². The van der Waals surface area contributed by atoms with Gasteiger partial charge in [0.05, 0.1) is 0 Å². The molecule has 0 bridgehead atoms. The van der Waals surface area contributed by atoms with Gasteiger partial charge >= 0.3 is 0 Å². The lowest BCUT2D eigenvalue weighted by atomic mass is 9.65. The van der Waals surface area contributed by atoms with Gasteiger partial charge in [-0.25, -0.2) is 0 Å². The summed E-state index contributed by atoms with van der Waals surface area (Å²) in [6.07, 6.45) is 0. The lowest BCUT2D eigenvalue weighted by molar-refractivity contribution is 0.447. The molecule has 4 rings (SSSR count). The van der Waals surface area contributed by atoms with Crippen LogP contribution in [0.2, 0.25) is 0 Å². The first-order chi connectivity index (χ1) is 11.5. The Morgan fingerprint density at radius 1 is 0.792 bits per heavy atom. The lowest BCUT2D eigenvalue weighted by Gasteiger charge is -2.37. The van der Waals surface area contributed by atoms with Crippen LogP contribution in [-0.4, -0.2) is 0 Å². The average Bonchev–Trinajstić information content (AvgIpc) is 2.86. The molecule has 0 heterocycles. The molecule has 0 aromatic heterocycles. The van der Waals surface area contributed by atoms with Crippen LogP contribution in [0.25, 0.3) is 11.1 Å². The Morgan fingerprint density at radius 2 is 1.46 bits per heavy atom. The van der Waals surface area contributed by atoms with E-state index in [1.165, 1.54) is 33.4 Å². The van der Waals surface area contributed by atoms with E-state index in [1.54, 1.807) is 0 Å². The number of benzene rings is 3. The maximum absolute atomic E-state index is 3.69. The second kappa shape index (κ2) is 5.60. The number of aryl methyl sites for hydroxylation is 1. The quantitative estimate of drug-likeness (QED) is 0.465. The normalized spacial score (nSPS) is 18.5.